The Morgan fingerprint density at radius 1 is 1.20 bits per heavy atom. The van der Waals surface area contributed by atoms with E-state index in [1.165, 1.54) is 0 Å². The highest BCUT2D eigenvalue weighted by Crippen LogP contribution is 2.33. The van der Waals surface area contributed by atoms with Gasteiger partial charge in [-0.1, -0.05) is 12.1 Å². The Morgan fingerprint density at radius 2 is 1.92 bits per heavy atom. The molecule has 3 saturated heterocycles. The lowest BCUT2D eigenvalue weighted by Gasteiger charge is -2.38. The number of hydrogen-bond acceptors (Lipinski definition) is 4. The zero-order chi connectivity index (χ0) is 17.4. The summed E-state index contributed by atoms with van der Waals surface area (Å²) in [5.41, 5.74) is 1.99. The molecule has 3 aliphatic rings. The van der Waals surface area contributed by atoms with Gasteiger partial charge in [0, 0.05) is 44.6 Å². The third-order valence-corrected chi connectivity index (χ3v) is 5.44. The van der Waals surface area contributed by atoms with Gasteiger partial charge in [-0.2, -0.15) is 0 Å². The van der Waals surface area contributed by atoms with E-state index in [2.05, 4.69) is 0 Å². The Balaban J connectivity index is 1.39. The Bertz CT molecular complexity index is 674. The molecule has 2 amide bonds. The number of piperidine rings is 1. The van der Waals surface area contributed by atoms with Crippen LogP contribution in [0, 0.1) is 12.8 Å². The average molecular weight is 344 g/mol. The molecule has 0 radical (unpaired) electrons. The minimum absolute atomic E-state index is 0.0277. The molecule has 25 heavy (non-hydrogen) atoms. The molecule has 3 fully saturated rings. The van der Waals surface area contributed by atoms with Gasteiger partial charge in [0.05, 0.1) is 19.1 Å². The van der Waals surface area contributed by atoms with Gasteiger partial charge in [0.2, 0.25) is 11.8 Å². The summed E-state index contributed by atoms with van der Waals surface area (Å²) in [6.07, 6.45) is 1.71. The third-order valence-electron chi connectivity index (χ3n) is 5.44. The van der Waals surface area contributed by atoms with E-state index in [9.17, 15) is 9.59 Å². The van der Waals surface area contributed by atoms with Crippen LogP contribution >= 0.6 is 0 Å². The van der Waals surface area contributed by atoms with E-state index in [-0.39, 0.29) is 17.7 Å². The molecule has 134 valence electrons. The van der Waals surface area contributed by atoms with Crippen LogP contribution in [0.5, 0.6) is 0 Å². The van der Waals surface area contributed by atoms with Gasteiger partial charge < -0.3 is 19.3 Å². The number of carbonyl (C=O) groups is 2. The van der Waals surface area contributed by atoms with E-state index in [0.717, 1.165) is 11.3 Å². The van der Waals surface area contributed by atoms with Crippen LogP contribution in [0.2, 0.25) is 0 Å². The number of ether oxygens (including phenoxy) is 2. The minimum Gasteiger partial charge on any atom is -0.347 e. The predicted octanol–water partition coefficient (Wildman–Crippen LogP) is 1.71. The number of carbonyl (C=O) groups excluding carboxylic acids is 2. The minimum atomic E-state index is -0.476. The van der Waals surface area contributed by atoms with E-state index in [1.54, 1.807) is 4.90 Å². The summed E-state index contributed by atoms with van der Waals surface area (Å²) >= 11 is 0. The highest BCUT2D eigenvalue weighted by atomic mass is 16.7. The average Bonchev–Trinajstić information content (AvgIpc) is 3.22. The molecule has 6 nitrogen and oxygen atoms in total. The normalized spacial score (nSPS) is 25.8. The fourth-order valence-corrected chi connectivity index (χ4v) is 4.03. The summed E-state index contributed by atoms with van der Waals surface area (Å²) in [5.74, 6) is -0.626. The first-order chi connectivity index (χ1) is 12.1. The molecule has 3 heterocycles. The molecular weight excluding hydrogens is 320 g/mol. The van der Waals surface area contributed by atoms with Crippen LogP contribution in [0.4, 0.5) is 5.69 Å². The van der Waals surface area contributed by atoms with Crippen LogP contribution in [0.15, 0.2) is 24.3 Å². The number of rotatable bonds is 2. The van der Waals surface area contributed by atoms with Crippen molar-refractivity contribution < 1.29 is 19.1 Å². The molecule has 0 saturated carbocycles. The topological polar surface area (TPSA) is 59.1 Å². The molecule has 1 aromatic carbocycles. The van der Waals surface area contributed by atoms with Crippen LogP contribution in [0.1, 0.15) is 24.8 Å². The van der Waals surface area contributed by atoms with Crippen LogP contribution < -0.4 is 4.90 Å². The van der Waals surface area contributed by atoms with Crippen molar-refractivity contribution in [1.82, 2.24) is 4.90 Å². The van der Waals surface area contributed by atoms with Gasteiger partial charge in [-0.05, 0) is 24.6 Å². The number of aryl methyl sites for hydroxylation is 1. The zero-order valence-corrected chi connectivity index (χ0v) is 14.6. The van der Waals surface area contributed by atoms with Crippen molar-refractivity contribution in [3.63, 3.8) is 0 Å². The summed E-state index contributed by atoms with van der Waals surface area (Å²) in [5, 5.41) is 0. The Morgan fingerprint density at radius 3 is 2.60 bits per heavy atom. The second-order valence-corrected chi connectivity index (χ2v) is 7.18. The van der Waals surface area contributed by atoms with Gasteiger partial charge >= 0.3 is 0 Å². The Kier molecular flexibility index (Phi) is 4.25. The maximum Gasteiger partial charge on any atom is 0.228 e. The molecule has 0 aliphatic carbocycles. The van der Waals surface area contributed by atoms with E-state index in [0.29, 0.717) is 52.1 Å². The molecule has 0 N–H and O–H groups in total. The summed E-state index contributed by atoms with van der Waals surface area (Å²) in [4.78, 5) is 28.9. The maximum absolute atomic E-state index is 12.9. The van der Waals surface area contributed by atoms with Crippen LogP contribution in [-0.2, 0) is 19.1 Å². The second-order valence-electron chi connectivity index (χ2n) is 7.18. The molecule has 1 unspecified atom stereocenters. The maximum atomic E-state index is 12.9. The molecule has 0 bridgehead atoms. The van der Waals surface area contributed by atoms with Crippen LogP contribution in [0.25, 0.3) is 0 Å². The van der Waals surface area contributed by atoms with E-state index in [1.807, 2.05) is 36.1 Å². The first kappa shape index (κ1) is 16.5. The van der Waals surface area contributed by atoms with E-state index in [4.69, 9.17) is 9.47 Å². The number of amides is 2. The fraction of sp³-hybridized carbons (Fsp3) is 0.579. The van der Waals surface area contributed by atoms with Crippen molar-refractivity contribution in [1.29, 1.82) is 0 Å². The summed E-state index contributed by atoms with van der Waals surface area (Å²) in [6, 6.07) is 7.86. The molecule has 4 rings (SSSR count). The fourth-order valence-electron chi connectivity index (χ4n) is 4.03. The number of likely N-dealkylation sites (tertiary alicyclic amines) is 1. The van der Waals surface area contributed by atoms with Crippen molar-refractivity contribution in [2.45, 2.75) is 32.0 Å². The molecule has 1 atom stereocenters. The molecular formula is C19H24N2O4. The van der Waals surface area contributed by atoms with Gasteiger partial charge in [-0.15, -0.1) is 0 Å². The van der Waals surface area contributed by atoms with Gasteiger partial charge in [0.25, 0.3) is 0 Å². The van der Waals surface area contributed by atoms with Crippen molar-refractivity contribution in [3.8, 4) is 0 Å². The summed E-state index contributed by atoms with van der Waals surface area (Å²) in [7, 11) is 0. The van der Waals surface area contributed by atoms with Gasteiger partial charge in [-0.3, -0.25) is 9.59 Å². The highest BCUT2D eigenvalue weighted by molar-refractivity contribution is 6.00. The summed E-state index contributed by atoms with van der Waals surface area (Å²) in [6.45, 7) is 5.01. The largest absolute Gasteiger partial charge is 0.347 e. The third kappa shape index (κ3) is 3.16. The smallest absolute Gasteiger partial charge is 0.228 e. The lowest BCUT2D eigenvalue weighted by molar-refractivity contribution is -0.188. The lowest BCUT2D eigenvalue weighted by atomic mass is 10.0. The van der Waals surface area contributed by atoms with E-state index < -0.39 is 5.79 Å². The number of hydrogen-bond donors (Lipinski definition) is 0. The highest BCUT2D eigenvalue weighted by Gasteiger charge is 2.43. The number of anilines is 1. The van der Waals surface area contributed by atoms with Crippen molar-refractivity contribution in [2.75, 3.05) is 37.7 Å². The van der Waals surface area contributed by atoms with Crippen LogP contribution in [0.3, 0.4) is 0 Å². The SMILES string of the molecule is Cc1cccc(N2CC(C(=O)N3CCC4(CC3)OCCO4)CC2=O)c1. The Hall–Kier alpha value is -1.92. The lowest BCUT2D eigenvalue weighted by Crippen LogP contribution is -2.49. The van der Waals surface area contributed by atoms with Crippen molar-refractivity contribution in [2.24, 2.45) is 5.92 Å². The van der Waals surface area contributed by atoms with Crippen molar-refractivity contribution in [3.05, 3.63) is 29.8 Å². The van der Waals surface area contributed by atoms with E-state index >= 15 is 0 Å². The quantitative estimate of drug-likeness (QED) is 0.820. The molecule has 0 aromatic heterocycles. The first-order valence-electron chi connectivity index (χ1n) is 9.00. The number of nitrogens with zero attached hydrogens (tertiary/aromatic N) is 2. The first-order valence-corrected chi connectivity index (χ1v) is 9.00. The van der Waals surface area contributed by atoms with Crippen LogP contribution in [-0.4, -0.2) is 55.3 Å². The van der Waals surface area contributed by atoms with Crippen molar-refractivity contribution >= 4 is 17.5 Å². The number of benzene rings is 1. The molecule has 6 heteroatoms. The Labute approximate surface area is 147 Å². The monoisotopic (exact) mass is 344 g/mol. The van der Waals surface area contributed by atoms with Gasteiger partial charge in [0.15, 0.2) is 5.79 Å². The van der Waals surface area contributed by atoms with Gasteiger partial charge in [0.1, 0.15) is 0 Å². The molecule has 1 spiro atoms. The summed E-state index contributed by atoms with van der Waals surface area (Å²) < 4.78 is 11.4. The molecule has 3 aliphatic heterocycles. The predicted molar refractivity (Wildman–Crippen MR) is 92.1 cm³/mol. The standard InChI is InChI=1S/C19H24N2O4/c1-14-3-2-4-16(11-14)21-13-15(12-17(21)22)18(23)20-7-5-19(6-8-20)24-9-10-25-19/h2-4,11,15H,5-10,12-13H2,1H3. The van der Waals surface area contributed by atoms with Gasteiger partial charge in [-0.25, -0.2) is 0 Å². The zero-order valence-electron chi connectivity index (χ0n) is 14.6. The second kappa shape index (κ2) is 6.42. The molecule has 1 aromatic rings.